The van der Waals surface area contributed by atoms with E-state index in [4.69, 9.17) is 9.40 Å². The second-order valence-electron chi connectivity index (χ2n) is 7.36. The van der Waals surface area contributed by atoms with Gasteiger partial charge in [0.2, 0.25) is 0 Å². The van der Waals surface area contributed by atoms with Crippen molar-refractivity contribution in [3.63, 3.8) is 0 Å². The van der Waals surface area contributed by atoms with E-state index in [9.17, 15) is 0 Å². The molecule has 0 saturated carbocycles. The summed E-state index contributed by atoms with van der Waals surface area (Å²) >= 11 is 0. The molecule has 5 nitrogen and oxygen atoms in total. The molecule has 0 saturated heterocycles. The maximum Gasteiger partial charge on any atom is 0.146 e. The van der Waals surface area contributed by atoms with E-state index >= 15 is 0 Å². The van der Waals surface area contributed by atoms with Crippen molar-refractivity contribution in [2.75, 3.05) is 0 Å². The molecule has 0 N–H and O–H groups in total. The molecule has 0 amide bonds. The SMILES string of the molecule is c1ccc2c(c1)oc1c3cnccc3c3c4cccnc4n(-c4ccncc4)c3c21. The van der Waals surface area contributed by atoms with Crippen molar-refractivity contribution in [1.82, 2.24) is 19.5 Å². The highest BCUT2D eigenvalue weighted by atomic mass is 16.3. The van der Waals surface area contributed by atoms with E-state index in [1.807, 2.05) is 67.4 Å². The number of hydrogen-bond donors (Lipinski definition) is 0. The normalized spacial score (nSPS) is 12.0. The quantitative estimate of drug-likeness (QED) is 0.346. The Labute approximate surface area is 170 Å². The fourth-order valence-corrected chi connectivity index (χ4v) is 4.63. The summed E-state index contributed by atoms with van der Waals surface area (Å²) in [6.45, 7) is 0. The maximum atomic E-state index is 6.37. The molecule has 0 radical (unpaired) electrons. The molecule has 0 fully saturated rings. The van der Waals surface area contributed by atoms with Crippen LogP contribution in [0.25, 0.3) is 60.3 Å². The molecule has 5 aromatic heterocycles. The van der Waals surface area contributed by atoms with Gasteiger partial charge in [-0.1, -0.05) is 18.2 Å². The molecule has 0 bridgehead atoms. The summed E-state index contributed by atoms with van der Waals surface area (Å²) in [6.07, 6.45) is 9.19. The number of fused-ring (bicyclic) bond motifs is 10. The second-order valence-corrected chi connectivity index (χ2v) is 7.36. The highest BCUT2D eigenvalue weighted by Crippen LogP contribution is 2.44. The van der Waals surface area contributed by atoms with E-state index in [-0.39, 0.29) is 0 Å². The minimum Gasteiger partial charge on any atom is -0.455 e. The van der Waals surface area contributed by atoms with Crippen LogP contribution in [0.5, 0.6) is 0 Å². The van der Waals surface area contributed by atoms with Crippen LogP contribution in [-0.4, -0.2) is 19.5 Å². The molecule has 30 heavy (non-hydrogen) atoms. The van der Waals surface area contributed by atoms with Gasteiger partial charge in [0.25, 0.3) is 0 Å². The molecule has 0 unspecified atom stereocenters. The summed E-state index contributed by atoms with van der Waals surface area (Å²) in [5, 5.41) is 6.54. The van der Waals surface area contributed by atoms with Crippen LogP contribution in [0, 0.1) is 0 Å². The van der Waals surface area contributed by atoms with Gasteiger partial charge in [-0.05, 0) is 41.8 Å². The molecule has 0 atom stereocenters. The Morgan fingerprint density at radius 3 is 2.43 bits per heavy atom. The fourth-order valence-electron chi connectivity index (χ4n) is 4.63. The largest absolute Gasteiger partial charge is 0.455 e. The first kappa shape index (κ1) is 15.6. The average Bonchev–Trinajstić information content (AvgIpc) is 3.36. The fraction of sp³-hybridized carbons (Fsp3) is 0. The summed E-state index contributed by atoms with van der Waals surface area (Å²) in [7, 11) is 0. The van der Waals surface area contributed by atoms with Gasteiger partial charge in [-0.3, -0.25) is 14.5 Å². The molecule has 0 spiro atoms. The minimum atomic E-state index is 0.852. The number of pyridine rings is 3. The number of rotatable bonds is 1. The third-order valence-electron chi connectivity index (χ3n) is 5.82. The molecule has 5 heteroatoms. The molecule has 0 aliphatic carbocycles. The van der Waals surface area contributed by atoms with Gasteiger partial charge in [-0.15, -0.1) is 0 Å². The van der Waals surface area contributed by atoms with E-state index in [1.54, 1.807) is 0 Å². The summed E-state index contributed by atoms with van der Waals surface area (Å²) in [5.41, 5.74) is 4.74. The van der Waals surface area contributed by atoms with Crippen molar-refractivity contribution in [2.45, 2.75) is 0 Å². The van der Waals surface area contributed by atoms with Gasteiger partial charge in [0, 0.05) is 52.5 Å². The molecule has 0 aliphatic rings. The second kappa shape index (κ2) is 5.64. The Morgan fingerprint density at radius 1 is 0.667 bits per heavy atom. The van der Waals surface area contributed by atoms with Crippen molar-refractivity contribution in [3.8, 4) is 5.69 Å². The standard InChI is InChI=1S/C25H14N4O/c1-2-6-20-17(4-1)22-23-21(16-9-13-27-14-19(16)24(22)30-20)18-5-3-10-28-25(18)29(23)15-7-11-26-12-8-15/h1-14H. The Hall–Kier alpha value is -4.25. The van der Waals surface area contributed by atoms with E-state index in [2.05, 4.69) is 32.7 Å². The van der Waals surface area contributed by atoms with Gasteiger partial charge < -0.3 is 4.42 Å². The zero-order chi connectivity index (χ0) is 19.7. The van der Waals surface area contributed by atoms with E-state index in [0.29, 0.717) is 0 Å². The zero-order valence-corrected chi connectivity index (χ0v) is 15.8. The Bertz CT molecular complexity index is 1750. The van der Waals surface area contributed by atoms with Crippen LogP contribution in [0.4, 0.5) is 0 Å². The topological polar surface area (TPSA) is 56.7 Å². The molecule has 5 heterocycles. The van der Waals surface area contributed by atoms with Crippen molar-refractivity contribution >= 4 is 54.6 Å². The van der Waals surface area contributed by atoms with E-state index < -0.39 is 0 Å². The number of nitrogens with zero attached hydrogens (tertiary/aromatic N) is 4. The molecule has 7 rings (SSSR count). The van der Waals surface area contributed by atoms with Crippen LogP contribution >= 0.6 is 0 Å². The lowest BCUT2D eigenvalue weighted by atomic mass is 10.0. The molecule has 140 valence electrons. The third-order valence-corrected chi connectivity index (χ3v) is 5.82. The molecule has 2 aromatic carbocycles. The third kappa shape index (κ3) is 1.89. The Morgan fingerprint density at radius 2 is 1.50 bits per heavy atom. The molecule has 7 aromatic rings. The lowest BCUT2D eigenvalue weighted by Crippen LogP contribution is -1.95. The highest BCUT2D eigenvalue weighted by Gasteiger charge is 2.23. The van der Waals surface area contributed by atoms with Crippen LogP contribution in [0.1, 0.15) is 0 Å². The van der Waals surface area contributed by atoms with Gasteiger partial charge in [0.15, 0.2) is 0 Å². The average molecular weight is 386 g/mol. The maximum absolute atomic E-state index is 6.37. The lowest BCUT2D eigenvalue weighted by Gasteiger charge is -2.08. The number of furan rings is 1. The van der Waals surface area contributed by atoms with Gasteiger partial charge in [-0.2, -0.15) is 0 Å². The summed E-state index contributed by atoms with van der Waals surface area (Å²) in [5.74, 6) is 0. The van der Waals surface area contributed by atoms with E-state index in [0.717, 1.165) is 60.3 Å². The summed E-state index contributed by atoms with van der Waals surface area (Å²) < 4.78 is 8.59. The number of hydrogen-bond acceptors (Lipinski definition) is 4. The Kier molecular flexibility index (Phi) is 2.94. The number of benzene rings is 2. The smallest absolute Gasteiger partial charge is 0.146 e. The van der Waals surface area contributed by atoms with E-state index in [1.165, 1.54) is 0 Å². The molecule has 0 aliphatic heterocycles. The van der Waals surface area contributed by atoms with Crippen molar-refractivity contribution < 1.29 is 4.42 Å². The van der Waals surface area contributed by atoms with Gasteiger partial charge in [-0.25, -0.2) is 4.98 Å². The van der Waals surface area contributed by atoms with Gasteiger partial charge in [0.05, 0.1) is 16.6 Å². The summed E-state index contributed by atoms with van der Waals surface area (Å²) in [6, 6.07) is 18.4. The zero-order valence-electron chi connectivity index (χ0n) is 15.8. The van der Waals surface area contributed by atoms with Crippen LogP contribution in [0.3, 0.4) is 0 Å². The molecular weight excluding hydrogens is 372 g/mol. The first-order valence-electron chi connectivity index (χ1n) is 9.78. The van der Waals surface area contributed by atoms with Gasteiger partial charge in [0.1, 0.15) is 16.8 Å². The number of aromatic nitrogens is 4. The predicted molar refractivity (Wildman–Crippen MR) is 119 cm³/mol. The molecular formula is C25H14N4O. The summed E-state index contributed by atoms with van der Waals surface area (Å²) in [4.78, 5) is 13.4. The Balaban J connectivity index is 1.91. The predicted octanol–water partition coefficient (Wildman–Crippen LogP) is 6.02. The lowest BCUT2D eigenvalue weighted by molar-refractivity contribution is 0.672. The highest BCUT2D eigenvalue weighted by molar-refractivity contribution is 6.34. The monoisotopic (exact) mass is 386 g/mol. The number of para-hydroxylation sites is 1. The van der Waals surface area contributed by atoms with Crippen LogP contribution < -0.4 is 0 Å². The van der Waals surface area contributed by atoms with Crippen LogP contribution in [0.2, 0.25) is 0 Å². The van der Waals surface area contributed by atoms with Crippen molar-refractivity contribution in [2.24, 2.45) is 0 Å². The minimum absolute atomic E-state index is 0.852. The first-order chi connectivity index (χ1) is 14.9. The van der Waals surface area contributed by atoms with Crippen LogP contribution in [0.15, 0.2) is 90.0 Å². The van der Waals surface area contributed by atoms with Gasteiger partial charge >= 0.3 is 0 Å². The van der Waals surface area contributed by atoms with Crippen molar-refractivity contribution in [3.05, 3.63) is 85.6 Å². The first-order valence-corrected chi connectivity index (χ1v) is 9.78. The van der Waals surface area contributed by atoms with Crippen molar-refractivity contribution in [1.29, 1.82) is 0 Å². The van der Waals surface area contributed by atoms with Crippen LogP contribution in [-0.2, 0) is 0 Å².